The van der Waals surface area contributed by atoms with Gasteiger partial charge in [-0.15, -0.1) is 0 Å². The Hall–Kier alpha value is 3.31. The monoisotopic (exact) mass is 400 g/mol. The molecule has 0 N–H and O–H groups in total. The molecule has 0 bridgehead atoms. The molecule has 0 aromatic heterocycles. The van der Waals surface area contributed by atoms with Crippen molar-refractivity contribution in [2.45, 2.75) is 0 Å². The Bertz CT molecular complexity index is 31.6. The van der Waals surface area contributed by atoms with Gasteiger partial charge in [0.1, 0.15) is 0 Å². The molecule has 1 aliphatic heterocycles. The molecule has 1 aliphatic rings. The molecule has 1 heterocycles. The molecule has 0 amide bonds. The van der Waals surface area contributed by atoms with Gasteiger partial charge in [-0.1, -0.05) is 0 Å². The van der Waals surface area contributed by atoms with E-state index in [-0.39, 0.29) is 0 Å². The normalized spacial score (nSPS) is 24.0. The summed E-state index contributed by atoms with van der Waals surface area (Å²) in [6.45, 7) is 0. The van der Waals surface area contributed by atoms with Crippen LogP contribution >= 0.6 is 46.7 Å². The predicted octanol–water partition coefficient (Wildman–Crippen LogP) is 2.10. The van der Waals surface area contributed by atoms with E-state index in [0.717, 1.165) is 36.7 Å². The van der Waals surface area contributed by atoms with Gasteiger partial charge in [0.05, 0.1) is 0 Å². The van der Waals surface area contributed by atoms with Crippen LogP contribution in [-0.4, -0.2) is 36.7 Å². The van der Waals surface area contributed by atoms with Crippen LogP contribution in [-0.2, 0) is 0 Å². The van der Waals surface area contributed by atoms with E-state index < -0.39 is 0 Å². The Morgan fingerprint density at radius 3 is 2.62 bits per heavy atom. The third-order valence-electron chi connectivity index (χ3n) is 0.222. The summed E-state index contributed by atoms with van der Waals surface area (Å²) in [5.41, 5.74) is 0. The fourth-order valence-electron chi connectivity index (χ4n) is 0.0907. The molecule has 48 valence electrons. The number of hydrogen-bond donors (Lipinski definition) is 0. The zero-order valence-electron chi connectivity index (χ0n) is 3.27. The quantitative estimate of drug-likeness (QED) is 0.452. The van der Waals surface area contributed by atoms with Crippen molar-refractivity contribution in [1.82, 2.24) is 0 Å². The molecule has 8 heteroatoms. The first kappa shape index (κ1) is 9.40. The van der Waals surface area contributed by atoms with Crippen LogP contribution in [0.1, 0.15) is 0 Å². The van der Waals surface area contributed by atoms with Crippen molar-refractivity contribution < 1.29 is 0 Å². The molecule has 0 saturated carbocycles. The Balaban J connectivity index is 2.00. The standard InChI is InChI=1S/S5Se3/c1-2-6-4-5-8-7-3-1. The average molecular weight is 397 g/mol. The zero-order valence-corrected chi connectivity index (χ0v) is 12.5. The van der Waals surface area contributed by atoms with Crippen LogP contribution in [0.3, 0.4) is 0 Å². The fraction of sp³-hybridized carbons (Fsp3) is 0. The van der Waals surface area contributed by atoms with Gasteiger partial charge in [0, 0.05) is 0 Å². The molecular weight excluding hydrogens is 397 g/mol. The average Bonchev–Trinajstić information content (AvgIpc) is 1.62. The van der Waals surface area contributed by atoms with Gasteiger partial charge >= 0.3 is 83.4 Å². The van der Waals surface area contributed by atoms with Crippen molar-refractivity contribution in [3.8, 4) is 0 Å². The van der Waals surface area contributed by atoms with Crippen LogP contribution < -0.4 is 0 Å². The molecule has 0 spiro atoms. The van der Waals surface area contributed by atoms with E-state index in [9.17, 15) is 0 Å². The van der Waals surface area contributed by atoms with Gasteiger partial charge < -0.3 is 0 Å². The van der Waals surface area contributed by atoms with E-state index in [1.807, 2.05) is 19.0 Å². The summed E-state index contributed by atoms with van der Waals surface area (Å²) in [7, 11) is 10.3. The summed E-state index contributed by atoms with van der Waals surface area (Å²) >= 11 is 2.61. The van der Waals surface area contributed by atoms with Crippen molar-refractivity contribution in [3.63, 3.8) is 0 Å². The van der Waals surface area contributed by atoms with E-state index in [1.165, 1.54) is 0 Å². The molecule has 1 rings (SSSR count). The maximum absolute atomic E-state index is 2.11. The maximum atomic E-state index is 2.11. The molecule has 0 atom stereocenters. The Labute approximate surface area is 81.8 Å². The van der Waals surface area contributed by atoms with Gasteiger partial charge in [-0.2, -0.15) is 0 Å². The summed E-state index contributed by atoms with van der Waals surface area (Å²) in [5, 5.41) is 0. The third-order valence-corrected chi connectivity index (χ3v) is 42.6. The minimum atomic E-state index is 0.792. The summed E-state index contributed by atoms with van der Waals surface area (Å²) in [4.78, 5) is 0. The zero-order chi connectivity index (χ0) is 5.66. The molecule has 0 radical (unpaired) electrons. The molecule has 0 nitrogen and oxygen atoms in total. The minimum absolute atomic E-state index is 0.792. The van der Waals surface area contributed by atoms with E-state index >= 15 is 0 Å². The molecule has 0 unspecified atom stereocenters. The summed E-state index contributed by atoms with van der Waals surface area (Å²) < 4.78 is 0. The van der Waals surface area contributed by atoms with Crippen molar-refractivity contribution in [2.75, 3.05) is 0 Å². The van der Waals surface area contributed by atoms with Crippen LogP contribution in [0.2, 0.25) is 0 Å². The van der Waals surface area contributed by atoms with Gasteiger partial charge in [0.2, 0.25) is 0 Å². The van der Waals surface area contributed by atoms with Gasteiger partial charge in [0.15, 0.2) is 0 Å². The number of rotatable bonds is 0. The van der Waals surface area contributed by atoms with Crippen molar-refractivity contribution in [3.05, 3.63) is 0 Å². The second-order valence-electron chi connectivity index (χ2n) is 0.544. The van der Waals surface area contributed by atoms with E-state index in [1.54, 1.807) is 0 Å². The van der Waals surface area contributed by atoms with Crippen molar-refractivity contribution >= 4 is 83.4 Å². The molecular formula is S5Se3. The van der Waals surface area contributed by atoms with Crippen molar-refractivity contribution in [1.29, 1.82) is 0 Å². The SMILES string of the molecule is S1S[Se]SS[Se][Se]S1. The summed E-state index contributed by atoms with van der Waals surface area (Å²) in [5.74, 6) is 0. The molecule has 0 aliphatic carbocycles. The third kappa shape index (κ3) is 5.02. The van der Waals surface area contributed by atoms with Crippen LogP contribution in [0.25, 0.3) is 0 Å². The van der Waals surface area contributed by atoms with Crippen molar-refractivity contribution in [2.24, 2.45) is 0 Å². The van der Waals surface area contributed by atoms with Gasteiger partial charge in [0.25, 0.3) is 0 Å². The first-order chi connectivity index (χ1) is 4.00. The van der Waals surface area contributed by atoms with Gasteiger partial charge in [-0.3, -0.25) is 0 Å². The molecule has 1 saturated heterocycles. The van der Waals surface area contributed by atoms with Gasteiger partial charge in [-0.05, 0) is 0 Å². The second kappa shape index (κ2) is 6.98. The van der Waals surface area contributed by atoms with E-state index in [0.29, 0.717) is 0 Å². The summed E-state index contributed by atoms with van der Waals surface area (Å²) in [6.07, 6.45) is 0. The Morgan fingerprint density at radius 2 is 1.62 bits per heavy atom. The number of hydrogen-bond acceptors (Lipinski definition) is 5. The van der Waals surface area contributed by atoms with Gasteiger partial charge in [-0.25, -0.2) is 0 Å². The Morgan fingerprint density at radius 1 is 0.750 bits per heavy atom. The fourth-order valence-corrected chi connectivity index (χ4v) is 65.2. The first-order valence-corrected chi connectivity index (χ1v) is 19.4. The second-order valence-corrected chi connectivity index (χ2v) is 28.8. The van der Waals surface area contributed by atoms with Crippen LogP contribution in [0, 0.1) is 0 Å². The topological polar surface area (TPSA) is 0 Å². The van der Waals surface area contributed by atoms with E-state index in [4.69, 9.17) is 0 Å². The molecule has 0 aromatic rings. The van der Waals surface area contributed by atoms with Crippen LogP contribution in [0.5, 0.6) is 0 Å². The predicted molar refractivity (Wildman–Crippen MR) is 55.2 cm³/mol. The molecule has 1 fully saturated rings. The Kier molecular flexibility index (Phi) is 8.20. The summed E-state index contributed by atoms with van der Waals surface area (Å²) in [6, 6.07) is 0. The van der Waals surface area contributed by atoms with Crippen LogP contribution in [0.15, 0.2) is 0 Å². The van der Waals surface area contributed by atoms with E-state index in [2.05, 4.69) is 27.6 Å². The van der Waals surface area contributed by atoms with Crippen LogP contribution in [0.4, 0.5) is 0 Å². The molecule has 0 aromatic carbocycles. The molecule has 8 heavy (non-hydrogen) atoms. The first-order valence-electron chi connectivity index (χ1n) is 1.33.